The molecule has 3 heteroatoms. The van der Waals surface area contributed by atoms with Crippen molar-refractivity contribution in [3.05, 3.63) is 33.9 Å². The van der Waals surface area contributed by atoms with E-state index < -0.39 is 0 Å². The van der Waals surface area contributed by atoms with Gasteiger partial charge in [-0.05, 0) is 38.0 Å². The highest BCUT2D eigenvalue weighted by atomic mass is 79.9. The van der Waals surface area contributed by atoms with Gasteiger partial charge in [0.05, 0.1) is 12.8 Å². The Morgan fingerprint density at radius 3 is 2.75 bits per heavy atom. The Morgan fingerprint density at radius 1 is 1.50 bits per heavy atom. The van der Waals surface area contributed by atoms with Crippen molar-refractivity contribution >= 4 is 21.6 Å². The average Bonchev–Trinajstić information content (AvgIpc) is 2.23. The number of benzene rings is 1. The molecule has 0 amide bonds. The average molecular weight is 284 g/mol. The lowest BCUT2D eigenvalue weighted by Gasteiger charge is -2.13. The van der Waals surface area contributed by atoms with E-state index in [0.717, 1.165) is 28.0 Å². The van der Waals surface area contributed by atoms with Crippen LogP contribution in [-0.2, 0) is 0 Å². The van der Waals surface area contributed by atoms with Crippen molar-refractivity contribution in [1.82, 2.24) is 0 Å². The molecular formula is C13H18BrNO. The van der Waals surface area contributed by atoms with Gasteiger partial charge in [-0.3, -0.25) is 0 Å². The van der Waals surface area contributed by atoms with Crippen molar-refractivity contribution in [3.8, 4) is 5.75 Å². The number of halogens is 1. The number of methoxy groups -OCH3 is 1. The number of rotatable bonds is 4. The zero-order chi connectivity index (χ0) is 12.1. The Balaban J connectivity index is 3.03. The van der Waals surface area contributed by atoms with Crippen molar-refractivity contribution < 1.29 is 4.74 Å². The molecule has 2 nitrogen and oxygen atoms in total. The van der Waals surface area contributed by atoms with Gasteiger partial charge in [-0.2, -0.15) is 0 Å². The highest BCUT2D eigenvalue weighted by molar-refractivity contribution is 9.10. The van der Waals surface area contributed by atoms with Gasteiger partial charge in [0, 0.05) is 10.2 Å². The van der Waals surface area contributed by atoms with Crippen LogP contribution in [-0.4, -0.2) is 7.11 Å². The van der Waals surface area contributed by atoms with E-state index in [4.69, 9.17) is 4.74 Å². The number of nitrogens with one attached hydrogen (secondary N) is 1. The van der Waals surface area contributed by atoms with E-state index in [2.05, 4.69) is 54.2 Å². The summed E-state index contributed by atoms with van der Waals surface area (Å²) >= 11 is 3.50. The molecule has 16 heavy (non-hydrogen) atoms. The first kappa shape index (κ1) is 13.1. The molecule has 0 aromatic heterocycles. The quantitative estimate of drug-likeness (QED) is 0.879. The normalized spacial score (nSPS) is 11.4. The van der Waals surface area contributed by atoms with Gasteiger partial charge in [0.25, 0.3) is 0 Å². The molecule has 0 saturated heterocycles. The summed E-state index contributed by atoms with van der Waals surface area (Å²) in [4.78, 5) is 0. The summed E-state index contributed by atoms with van der Waals surface area (Å²) < 4.78 is 6.40. The van der Waals surface area contributed by atoms with Gasteiger partial charge < -0.3 is 10.1 Å². The van der Waals surface area contributed by atoms with E-state index in [9.17, 15) is 0 Å². The van der Waals surface area contributed by atoms with Gasteiger partial charge in [-0.25, -0.2) is 0 Å². The third-order valence-corrected chi connectivity index (χ3v) is 3.18. The van der Waals surface area contributed by atoms with E-state index in [-0.39, 0.29) is 0 Å². The SMILES string of the molecule is CC/C=C(\C)Nc1cc(C)c(Br)cc1OC. The number of allylic oxidation sites excluding steroid dienone is 2. The zero-order valence-electron chi connectivity index (χ0n) is 10.2. The molecule has 1 aromatic carbocycles. The largest absolute Gasteiger partial charge is 0.495 e. The lowest BCUT2D eigenvalue weighted by molar-refractivity contribution is 0.416. The molecule has 0 bridgehead atoms. The molecule has 1 aromatic rings. The molecule has 0 aliphatic carbocycles. The smallest absolute Gasteiger partial charge is 0.143 e. The Hall–Kier alpha value is -0.960. The minimum Gasteiger partial charge on any atom is -0.495 e. The van der Waals surface area contributed by atoms with Gasteiger partial charge >= 0.3 is 0 Å². The maximum atomic E-state index is 5.34. The fourth-order valence-electron chi connectivity index (χ4n) is 1.50. The van der Waals surface area contributed by atoms with Crippen LogP contribution >= 0.6 is 15.9 Å². The van der Waals surface area contributed by atoms with E-state index >= 15 is 0 Å². The molecule has 0 aliphatic rings. The number of hydrogen-bond acceptors (Lipinski definition) is 2. The predicted molar refractivity (Wildman–Crippen MR) is 73.1 cm³/mol. The Labute approximate surface area is 106 Å². The summed E-state index contributed by atoms with van der Waals surface area (Å²) in [6.45, 7) is 6.24. The van der Waals surface area contributed by atoms with Crippen molar-refractivity contribution in [3.63, 3.8) is 0 Å². The van der Waals surface area contributed by atoms with Crippen LogP contribution in [0.3, 0.4) is 0 Å². The van der Waals surface area contributed by atoms with Gasteiger partial charge in [0.15, 0.2) is 0 Å². The van der Waals surface area contributed by atoms with Gasteiger partial charge in [-0.1, -0.05) is 28.9 Å². The molecule has 0 heterocycles. The highest BCUT2D eigenvalue weighted by Crippen LogP contribution is 2.31. The van der Waals surface area contributed by atoms with E-state index in [1.54, 1.807) is 7.11 Å². The van der Waals surface area contributed by atoms with Crippen molar-refractivity contribution in [2.75, 3.05) is 12.4 Å². The van der Waals surface area contributed by atoms with Crippen LogP contribution in [0.5, 0.6) is 5.75 Å². The predicted octanol–water partition coefficient (Wildman–Crippen LogP) is 4.49. The third-order valence-electron chi connectivity index (χ3n) is 2.32. The lowest BCUT2D eigenvalue weighted by atomic mass is 10.2. The van der Waals surface area contributed by atoms with E-state index in [0.29, 0.717) is 0 Å². The maximum Gasteiger partial charge on any atom is 0.143 e. The summed E-state index contributed by atoms with van der Waals surface area (Å²) in [6.07, 6.45) is 3.17. The second-order valence-electron chi connectivity index (χ2n) is 3.72. The summed E-state index contributed by atoms with van der Waals surface area (Å²) in [7, 11) is 1.68. The van der Waals surface area contributed by atoms with Crippen LogP contribution < -0.4 is 10.1 Å². The number of hydrogen-bond donors (Lipinski definition) is 1. The van der Waals surface area contributed by atoms with Crippen LogP contribution in [0, 0.1) is 6.92 Å². The molecule has 88 valence electrons. The number of aryl methyl sites for hydroxylation is 1. The Kier molecular flexibility index (Phi) is 4.87. The molecule has 0 radical (unpaired) electrons. The van der Waals surface area contributed by atoms with Crippen LogP contribution in [0.15, 0.2) is 28.4 Å². The first-order valence-electron chi connectivity index (χ1n) is 5.36. The Morgan fingerprint density at radius 2 is 2.19 bits per heavy atom. The first-order valence-corrected chi connectivity index (χ1v) is 6.15. The fourth-order valence-corrected chi connectivity index (χ4v) is 1.82. The van der Waals surface area contributed by atoms with Gasteiger partial charge in [-0.15, -0.1) is 0 Å². The zero-order valence-corrected chi connectivity index (χ0v) is 11.8. The molecule has 0 fully saturated rings. The molecule has 1 rings (SSSR count). The summed E-state index contributed by atoms with van der Waals surface area (Å²) in [6, 6.07) is 4.06. The van der Waals surface area contributed by atoms with Crippen molar-refractivity contribution in [2.45, 2.75) is 27.2 Å². The summed E-state index contributed by atoms with van der Waals surface area (Å²) in [5.41, 5.74) is 3.33. The van der Waals surface area contributed by atoms with Crippen molar-refractivity contribution in [1.29, 1.82) is 0 Å². The van der Waals surface area contributed by atoms with Gasteiger partial charge in [0.2, 0.25) is 0 Å². The standard InChI is InChI=1S/C13H18BrNO/c1-5-6-10(3)15-12-7-9(2)11(14)8-13(12)16-4/h6-8,15H,5H2,1-4H3/b10-6+. The second kappa shape index (κ2) is 5.94. The molecule has 1 N–H and O–H groups in total. The fraction of sp³-hybridized carbons (Fsp3) is 0.385. The summed E-state index contributed by atoms with van der Waals surface area (Å²) in [5.74, 6) is 0.848. The van der Waals surface area contributed by atoms with E-state index in [1.165, 1.54) is 5.56 Å². The van der Waals surface area contributed by atoms with Gasteiger partial charge in [0.1, 0.15) is 5.75 Å². The second-order valence-corrected chi connectivity index (χ2v) is 4.58. The minimum atomic E-state index is 0.848. The third kappa shape index (κ3) is 3.27. The molecule has 0 unspecified atom stereocenters. The first-order chi connectivity index (χ1) is 7.58. The molecular weight excluding hydrogens is 266 g/mol. The number of ether oxygens (including phenoxy) is 1. The Bertz CT molecular complexity index is 399. The van der Waals surface area contributed by atoms with Crippen LogP contribution in [0.25, 0.3) is 0 Å². The minimum absolute atomic E-state index is 0.848. The van der Waals surface area contributed by atoms with Crippen LogP contribution in [0.4, 0.5) is 5.69 Å². The highest BCUT2D eigenvalue weighted by Gasteiger charge is 2.06. The molecule has 0 saturated carbocycles. The molecule has 0 aliphatic heterocycles. The number of anilines is 1. The maximum absolute atomic E-state index is 5.34. The molecule has 0 spiro atoms. The lowest BCUT2D eigenvalue weighted by Crippen LogP contribution is -1.99. The van der Waals surface area contributed by atoms with Crippen LogP contribution in [0.1, 0.15) is 25.8 Å². The van der Waals surface area contributed by atoms with E-state index in [1.807, 2.05) is 6.07 Å². The van der Waals surface area contributed by atoms with Crippen molar-refractivity contribution in [2.24, 2.45) is 0 Å². The summed E-state index contributed by atoms with van der Waals surface area (Å²) in [5, 5.41) is 3.35. The van der Waals surface area contributed by atoms with Crippen LogP contribution in [0.2, 0.25) is 0 Å². The molecule has 0 atom stereocenters. The monoisotopic (exact) mass is 283 g/mol. The topological polar surface area (TPSA) is 21.3 Å².